The molecule has 0 amide bonds. The Labute approximate surface area is 168 Å². The summed E-state index contributed by atoms with van der Waals surface area (Å²) in [5.41, 5.74) is 0.687. The third kappa shape index (κ3) is 7.36. The van der Waals surface area contributed by atoms with Crippen LogP contribution in [0.4, 0.5) is 0 Å². The van der Waals surface area contributed by atoms with Crippen molar-refractivity contribution in [2.75, 3.05) is 12.4 Å². The molecule has 0 saturated heterocycles. The Kier molecular flexibility index (Phi) is 9.61. The van der Waals surface area contributed by atoms with E-state index in [1.807, 2.05) is 13.8 Å². The minimum absolute atomic E-state index is 0. The van der Waals surface area contributed by atoms with Crippen molar-refractivity contribution in [3.8, 4) is 5.75 Å². The molecule has 0 aliphatic heterocycles. The Morgan fingerprint density at radius 3 is 2.62 bits per heavy atom. The molecule has 0 saturated carbocycles. The first-order valence-electron chi connectivity index (χ1n) is 7.47. The molecule has 0 fully saturated rings. The number of carbonyl (C=O) groups excluding carboxylic acids is 1. The summed E-state index contributed by atoms with van der Waals surface area (Å²) in [5, 5.41) is 18.0. The van der Waals surface area contributed by atoms with Crippen LogP contribution in [-0.2, 0) is 0 Å². The summed E-state index contributed by atoms with van der Waals surface area (Å²) in [7, 11) is 0. The molecule has 1 heterocycles. The maximum absolute atomic E-state index is 11.9. The Hall–Kier alpha value is -0.860. The molecule has 0 aliphatic rings. The number of carbonyl (C=O) groups is 1. The average molecular weight is 359 g/mol. The second-order valence-electron chi connectivity index (χ2n) is 5.62. The number of nitrogens with one attached hydrogen (secondary N) is 1. The van der Waals surface area contributed by atoms with E-state index < -0.39 is 6.10 Å². The second kappa shape index (κ2) is 10.9. The number of aromatic amines is 1. The number of aliphatic hydroxyl groups is 1. The molecule has 2 N–H and O–H groups in total. The summed E-state index contributed by atoms with van der Waals surface area (Å²) < 4.78 is 5.53. The van der Waals surface area contributed by atoms with Crippen molar-refractivity contribution in [2.45, 2.75) is 31.5 Å². The van der Waals surface area contributed by atoms with E-state index in [0.717, 1.165) is 0 Å². The van der Waals surface area contributed by atoms with E-state index in [-0.39, 0.29) is 41.9 Å². The molecule has 8 heteroatoms. The Balaban J connectivity index is 0.00000288. The first-order valence-corrected chi connectivity index (χ1v) is 8.46. The standard InChI is InChI=1S/C16H21N3O3S.Na.H/c1-11(2)7-15(21)12-3-5-14(6-4-12)22-8-13(20)9-23-16-17-10-18-19-16;;/h3-6,10-11,13,20H,7-9H2,1-2H3,(H,17,18,19);;. The van der Waals surface area contributed by atoms with Crippen LogP contribution in [-0.4, -0.2) is 74.1 Å². The number of ketones is 1. The van der Waals surface area contributed by atoms with Gasteiger partial charge in [0.25, 0.3) is 0 Å². The summed E-state index contributed by atoms with van der Waals surface area (Å²) in [5.74, 6) is 1.57. The topological polar surface area (TPSA) is 88.1 Å². The number of benzene rings is 1. The van der Waals surface area contributed by atoms with E-state index in [1.54, 1.807) is 24.3 Å². The fourth-order valence-electron chi connectivity index (χ4n) is 1.91. The molecule has 0 bridgehead atoms. The summed E-state index contributed by atoms with van der Waals surface area (Å²) in [6.45, 7) is 4.22. The molecule has 126 valence electrons. The predicted molar refractivity (Wildman–Crippen MR) is 96.0 cm³/mol. The first kappa shape index (κ1) is 21.2. The van der Waals surface area contributed by atoms with Gasteiger partial charge in [-0.05, 0) is 30.2 Å². The number of nitrogens with zero attached hydrogens (tertiary/aromatic N) is 2. The number of ether oxygens (including phenoxy) is 1. The van der Waals surface area contributed by atoms with E-state index in [0.29, 0.717) is 34.6 Å². The van der Waals surface area contributed by atoms with Gasteiger partial charge in [-0.1, -0.05) is 25.6 Å². The second-order valence-corrected chi connectivity index (χ2v) is 6.62. The molecule has 2 rings (SSSR count). The number of aromatic nitrogens is 3. The van der Waals surface area contributed by atoms with E-state index in [4.69, 9.17) is 4.74 Å². The van der Waals surface area contributed by atoms with Gasteiger partial charge in [0, 0.05) is 17.7 Å². The average Bonchev–Trinajstić information content (AvgIpc) is 3.04. The number of hydrogen-bond acceptors (Lipinski definition) is 6. The third-order valence-corrected chi connectivity index (χ3v) is 4.04. The van der Waals surface area contributed by atoms with Crippen molar-refractivity contribution in [1.82, 2.24) is 15.2 Å². The van der Waals surface area contributed by atoms with E-state index in [2.05, 4.69) is 15.2 Å². The molecule has 1 unspecified atom stereocenters. The zero-order valence-corrected chi connectivity index (χ0v) is 14.0. The van der Waals surface area contributed by atoms with Crippen LogP contribution in [0.2, 0.25) is 0 Å². The van der Waals surface area contributed by atoms with Crippen LogP contribution in [0.1, 0.15) is 30.6 Å². The van der Waals surface area contributed by atoms with Crippen LogP contribution in [0, 0.1) is 5.92 Å². The molecular weight excluding hydrogens is 337 g/mol. The molecule has 24 heavy (non-hydrogen) atoms. The van der Waals surface area contributed by atoms with Gasteiger partial charge < -0.3 is 14.8 Å². The van der Waals surface area contributed by atoms with Gasteiger partial charge in [-0.2, -0.15) is 0 Å². The molecule has 1 aromatic carbocycles. The Bertz CT molecular complexity index is 606. The first-order chi connectivity index (χ1) is 11.0. The number of H-pyrrole nitrogens is 1. The van der Waals surface area contributed by atoms with Crippen LogP contribution in [0.25, 0.3) is 0 Å². The number of Topliss-reactive ketones (excluding diaryl/α,β-unsaturated/α-hetero) is 1. The third-order valence-electron chi connectivity index (χ3n) is 3.02. The van der Waals surface area contributed by atoms with Crippen molar-refractivity contribution >= 4 is 47.1 Å². The van der Waals surface area contributed by atoms with Crippen molar-refractivity contribution in [3.05, 3.63) is 36.2 Å². The summed E-state index contributed by atoms with van der Waals surface area (Å²) in [6, 6.07) is 7.03. The monoisotopic (exact) mass is 359 g/mol. The number of thioether (sulfide) groups is 1. The van der Waals surface area contributed by atoms with Gasteiger partial charge in [-0.3, -0.25) is 4.79 Å². The Morgan fingerprint density at radius 2 is 2.04 bits per heavy atom. The number of hydrogen-bond donors (Lipinski definition) is 2. The van der Waals surface area contributed by atoms with Crippen molar-refractivity contribution in [3.63, 3.8) is 0 Å². The maximum atomic E-state index is 11.9. The van der Waals surface area contributed by atoms with Crippen molar-refractivity contribution in [2.24, 2.45) is 5.92 Å². The zero-order chi connectivity index (χ0) is 16.7. The number of rotatable bonds is 9. The van der Waals surface area contributed by atoms with Gasteiger partial charge in [0.2, 0.25) is 0 Å². The van der Waals surface area contributed by atoms with Crippen LogP contribution in [0.5, 0.6) is 5.75 Å². The van der Waals surface area contributed by atoms with Crippen LogP contribution in [0.3, 0.4) is 0 Å². The molecule has 0 radical (unpaired) electrons. The van der Waals surface area contributed by atoms with Crippen molar-refractivity contribution in [1.29, 1.82) is 0 Å². The van der Waals surface area contributed by atoms with Gasteiger partial charge in [0.15, 0.2) is 10.9 Å². The fraction of sp³-hybridized carbons (Fsp3) is 0.438. The molecular formula is C16H22N3NaO3S. The molecule has 1 atom stereocenters. The van der Waals surface area contributed by atoms with Crippen LogP contribution < -0.4 is 4.74 Å². The minimum atomic E-state index is -0.618. The summed E-state index contributed by atoms with van der Waals surface area (Å²) >= 11 is 1.38. The summed E-state index contributed by atoms with van der Waals surface area (Å²) in [6.07, 6.45) is 1.41. The van der Waals surface area contributed by atoms with Crippen LogP contribution >= 0.6 is 11.8 Å². The quantitative estimate of drug-likeness (QED) is 0.404. The SMILES string of the molecule is CC(C)CC(=O)c1ccc(OCC(O)CSc2nnc[nH]2)cc1.[NaH]. The van der Waals surface area contributed by atoms with Gasteiger partial charge in [0.05, 0.1) is 6.10 Å². The summed E-state index contributed by atoms with van der Waals surface area (Å²) in [4.78, 5) is 14.8. The predicted octanol–water partition coefficient (Wildman–Crippen LogP) is 1.92. The van der Waals surface area contributed by atoms with E-state index >= 15 is 0 Å². The van der Waals surface area contributed by atoms with Gasteiger partial charge >= 0.3 is 29.6 Å². The van der Waals surface area contributed by atoms with Gasteiger partial charge in [-0.15, -0.1) is 10.2 Å². The van der Waals surface area contributed by atoms with Gasteiger partial charge in [-0.25, -0.2) is 0 Å². The number of aliphatic hydroxyl groups excluding tert-OH is 1. The molecule has 0 aliphatic carbocycles. The van der Waals surface area contributed by atoms with Gasteiger partial charge in [0.1, 0.15) is 18.7 Å². The molecule has 6 nitrogen and oxygen atoms in total. The van der Waals surface area contributed by atoms with E-state index in [9.17, 15) is 9.90 Å². The normalized spacial score (nSPS) is 11.8. The van der Waals surface area contributed by atoms with E-state index in [1.165, 1.54) is 18.1 Å². The molecule has 0 spiro atoms. The zero-order valence-electron chi connectivity index (χ0n) is 13.2. The van der Waals surface area contributed by atoms with Crippen LogP contribution in [0.15, 0.2) is 35.7 Å². The Morgan fingerprint density at radius 1 is 1.33 bits per heavy atom. The molecule has 2 aromatic rings. The fourth-order valence-corrected chi connectivity index (χ4v) is 2.59. The molecule has 1 aromatic heterocycles. The van der Waals surface area contributed by atoms with Crippen molar-refractivity contribution < 1.29 is 14.6 Å².